The Morgan fingerprint density at radius 3 is 1.28 bits per heavy atom. The van der Waals surface area contributed by atoms with Crippen LogP contribution in [0.3, 0.4) is 0 Å². The van der Waals surface area contributed by atoms with E-state index in [0.717, 1.165) is 51.9 Å². The zero-order chi connectivity index (χ0) is 13.4. The number of urea groups is 1. The molecule has 2 saturated heterocycles. The second-order valence-electron chi connectivity index (χ2n) is 7.59. The van der Waals surface area contributed by atoms with Crippen LogP contribution in [-0.2, 0) is 0 Å². The highest BCUT2D eigenvalue weighted by molar-refractivity contribution is 5.74. The fourth-order valence-electron chi connectivity index (χ4n) is 2.81. The molecule has 0 radical (unpaired) electrons. The molecule has 0 bridgehead atoms. The Balaban J connectivity index is 1.86. The van der Waals surface area contributed by atoms with Gasteiger partial charge in [-0.3, -0.25) is 0 Å². The second kappa shape index (κ2) is 4.75. The minimum absolute atomic E-state index is 0.279. The molecule has 2 fully saturated rings. The van der Waals surface area contributed by atoms with Crippen LogP contribution < -0.4 is 0 Å². The van der Waals surface area contributed by atoms with Gasteiger partial charge >= 0.3 is 6.03 Å². The molecule has 0 aliphatic carbocycles. The highest BCUT2D eigenvalue weighted by Gasteiger charge is 2.33. The zero-order valence-electron chi connectivity index (χ0n) is 12.5. The summed E-state index contributed by atoms with van der Waals surface area (Å²) in [7, 11) is 0. The number of piperidine rings is 2. The topological polar surface area (TPSA) is 23.6 Å². The smallest absolute Gasteiger partial charge is 0.319 e. The van der Waals surface area contributed by atoms with Gasteiger partial charge in [0.25, 0.3) is 0 Å². The molecule has 0 saturated carbocycles. The third-order valence-corrected chi connectivity index (χ3v) is 4.78. The maximum absolute atomic E-state index is 12.4. The standard InChI is InChI=1S/C15H28N2O/c1-14(2)5-9-16(10-6-14)13(18)17-11-7-15(3,4)8-12-17/h5-12H2,1-4H3. The molecule has 3 heteroatoms. The van der Waals surface area contributed by atoms with Crippen molar-refractivity contribution in [2.24, 2.45) is 10.8 Å². The number of hydrogen-bond donors (Lipinski definition) is 0. The minimum Gasteiger partial charge on any atom is -0.325 e. The van der Waals surface area contributed by atoms with Gasteiger partial charge in [-0.15, -0.1) is 0 Å². The van der Waals surface area contributed by atoms with Crippen LogP contribution in [0.5, 0.6) is 0 Å². The lowest BCUT2D eigenvalue weighted by Crippen LogP contribution is -2.51. The molecule has 0 aromatic rings. The number of nitrogens with zero attached hydrogens (tertiary/aromatic N) is 2. The summed E-state index contributed by atoms with van der Waals surface area (Å²) in [5, 5.41) is 0. The van der Waals surface area contributed by atoms with Crippen LogP contribution in [0.1, 0.15) is 53.4 Å². The lowest BCUT2D eigenvalue weighted by atomic mass is 9.82. The minimum atomic E-state index is 0.279. The Hall–Kier alpha value is -0.730. The maximum atomic E-state index is 12.4. The van der Waals surface area contributed by atoms with Crippen LogP contribution in [0.4, 0.5) is 4.79 Å². The third kappa shape index (κ3) is 3.18. The van der Waals surface area contributed by atoms with Crippen molar-refractivity contribution >= 4 is 6.03 Å². The van der Waals surface area contributed by atoms with Crippen molar-refractivity contribution in [2.75, 3.05) is 26.2 Å². The van der Waals surface area contributed by atoms with Gasteiger partial charge in [-0.2, -0.15) is 0 Å². The number of hydrogen-bond acceptors (Lipinski definition) is 1. The van der Waals surface area contributed by atoms with Crippen LogP contribution in [-0.4, -0.2) is 42.0 Å². The van der Waals surface area contributed by atoms with Gasteiger partial charge in [-0.25, -0.2) is 4.79 Å². The summed E-state index contributed by atoms with van der Waals surface area (Å²) in [6.07, 6.45) is 4.55. The second-order valence-corrected chi connectivity index (χ2v) is 7.59. The fraction of sp³-hybridized carbons (Fsp3) is 0.933. The van der Waals surface area contributed by atoms with Crippen molar-refractivity contribution in [3.63, 3.8) is 0 Å². The number of rotatable bonds is 0. The molecule has 2 heterocycles. The SMILES string of the molecule is CC1(C)CCN(C(=O)N2CCC(C)(C)CC2)CC1. The van der Waals surface area contributed by atoms with Gasteiger partial charge in [0.15, 0.2) is 0 Å². The molecule has 0 N–H and O–H groups in total. The Morgan fingerprint density at radius 2 is 1.00 bits per heavy atom. The van der Waals surface area contributed by atoms with Crippen LogP contribution in [0, 0.1) is 10.8 Å². The Kier molecular flexibility index (Phi) is 3.61. The van der Waals surface area contributed by atoms with E-state index in [9.17, 15) is 4.79 Å². The van der Waals surface area contributed by atoms with Gasteiger partial charge in [0.2, 0.25) is 0 Å². The first kappa shape index (κ1) is 13.7. The van der Waals surface area contributed by atoms with Gasteiger partial charge < -0.3 is 9.80 Å². The van der Waals surface area contributed by atoms with E-state index in [2.05, 4.69) is 37.5 Å². The van der Waals surface area contributed by atoms with E-state index in [1.54, 1.807) is 0 Å². The largest absolute Gasteiger partial charge is 0.325 e. The number of amides is 2. The van der Waals surface area contributed by atoms with Crippen molar-refractivity contribution < 1.29 is 4.79 Å². The summed E-state index contributed by atoms with van der Waals surface area (Å²) in [6, 6.07) is 0.279. The molecule has 0 aromatic carbocycles. The predicted molar refractivity (Wildman–Crippen MR) is 74.6 cm³/mol. The Labute approximate surface area is 112 Å². The van der Waals surface area contributed by atoms with Gasteiger partial charge in [0.05, 0.1) is 0 Å². The van der Waals surface area contributed by atoms with E-state index in [4.69, 9.17) is 0 Å². The molecule has 0 aromatic heterocycles. The quantitative estimate of drug-likeness (QED) is 0.648. The summed E-state index contributed by atoms with van der Waals surface area (Å²) >= 11 is 0. The van der Waals surface area contributed by atoms with Gasteiger partial charge in [-0.05, 0) is 36.5 Å². The highest BCUT2D eigenvalue weighted by Crippen LogP contribution is 2.32. The lowest BCUT2D eigenvalue weighted by molar-refractivity contribution is 0.0887. The summed E-state index contributed by atoms with van der Waals surface area (Å²) in [4.78, 5) is 16.5. The number of likely N-dealkylation sites (tertiary alicyclic amines) is 2. The molecule has 2 aliphatic rings. The van der Waals surface area contributed by atoms with Crippen LogP contribution in [0.15, 0.2) is 0 Å². The first-order valence-corrected chi connectivity index (χ1v) is 7.33. The van der Waals surface area contributed by atoms with Crippen molar-refractivity contribution in [3.05, 3.63) is 0 Å². The molecule has 2 rings (SSSR count). The summed E-state index contributed by atoms with van der Waals surface area (Å²) < 4.78 is 0. The lowest BCUT2D eigenvalue weighted by Gasteiger charge is -2.42. The van der Waals surface area contributed by atoms with E-state index in [1.807, 2.05) is 0 Å². The molecule has 3 nitrogen and oxygen atoms in total. The van der Waals surface area contributed by atoms with E-state index in [1.165, 1.54) is 0 Å². The normalized spacial score (nSPS) is 27.1. The molecule has 2 aliphatic heterocycles. The maximum Gasteiger partial charge on any atom is 0.319 e. The van der Waals surface area contributed by atoms with Crippen molar-refractivity contribution in [2.45, 2.75) is 53.4 Å². The van der Waals surface area contributed by atoms with E-state index >= 15 is 0 Å². The average Bonchev–Trinajstić information content (AvgIpc) is 2.28. The fourth-order valence-corrected chi connectivity index (χ4v) is 2.81. The summed E-state index contributed by atoms with van der Waals surface area (Å²) in [6.45, 7) is 13.0. The van der Waals surface area contributed by atoms with E-state index in [-0.39, 0.29) is 6.03 Å². The molecule has 0 atom stereocenters. The van der Waals surface area contributed by atoms with Crippen molar-refractivity contribution in [3.8, 4) is 0 Å². The van der Waals surface area contributed by atoms with Crippen LogP contribution in [0.2, 0.25) is 0 Å². The zero-order valence-corrected chi connectivity index (χ0v) is 12.5. The van der Waals surface area contributed by atoms with E-state index in [0.29, 0.717) is 10.8 Å². The first-order chi connectivity index (χ1) is 8.29. The molecule has 18 heavy (non-hydrogen) atoms. The van der Waals surface area contributed by atoms with Crippen molar-refractivity contribution in [1.82, 2.24) is 9.80 Å². The van der Waals surface area contributed by atoms with Crippen LogP contribution in [0.25, 0.3) is 0 Å². The molecule has 104 valence electrons. The molecule has 0 unspecified atom stereocenters. The molecular weight excluding hydrogens is 224 g/mol. The Morgan fingerprint density at radius 1 is 0.722 bits per heavy atom. The Bertz CT molecular complexity index is 272. The number of carbonyl (C=O) groups excluding carboxylic acids is 1. The number of carbonyl (C=O) groups is 1. The average molecular weight is 252 g/mol. The highest BCUT2D eigenvalue weighted by atomic mass is 16.2. The van der Waals surface area contributed by atoms with Crippen LogP contribution >= 0.6 is 0 Å². The van der Waals surface area contributed by atoms with E-state index < -0.39 is 0 Å². The third-order valence-electron chi connectivity index (χ3n) is 4.78. The predicted octanol–water partition coefficient (Wildman–Crippen LogP) is 3.35. The molecule has 2 amide bonds. The van der Waals surface area contributed by atoms with Gasteiger partial charge in [0.1, 0.15) is 0 Å². The van der Waals surface area contributed by atoms with Gasteiger partial charge in [-0.1, -0.05) is 27.7 Å². The summed E-state index contributed by atoms with van der Waals surface area (Å²) in [5.41, 5.74) is 0.835. The summed E-state index contributed by atoms with van der Waals surface area (Å²) in [5.74, 6) is 0. The van der Waals surface area contributed by atoms with Gasteiger partial charge in [0, 0.05) is 26.2 Å². The molecule has 0 spiro atoms. The monoisotopic (exact) mass is 252 g/mol. The molecular formula is C15H28N2O. The van der Waals surface area contributed by atoms with Crippen molar-refractivity contribution in [1.29, 1.82) is 0 Å². The first-order valence-electron chi connectivity index (χ1n) is 7.33.